The minimum absolute atomic E-state index is 0.0100. The van der Waals surface area contributed by atoms with Gasteiger partial charge in [0.05, 0.1) is 6.61 Å². The molecule has 0 amide bonds. The molecule has 0 fully saturated rings. The Morgan fingerprint density at radius 1 is 0.258 bits per heavy atom. The van der Waals surface area contributed by atoms with E-state index in [2.05, 4.69) is 20.8 Å². The average Bonchev–Trinajstić information content (AvgIpc) is 3.32. The molecule has 0 N–H and O–H groups in total. The fraction of sp³-hybridized carbons (Fsp3) is 0.968. The van der Waals surface area contributed by atoms with Crippen LogP contribution in [0.15, 0.2) is 0 Å². The molecule has 0 rings (SSSR count). The maximum Gasteiger partial charge on any atom is 0.306 e. The molecule has 4 nitrogen and oxygen atoms in total. The van der Waals surface area contributed by atoms with Gasteiger partial charge in [-0.15, -0.1) is 0 Å². The molecule has 0 aliphatic carbocycles. The SMILES string of the molecule is CCCCCCCCCCCCCCCCCCCCCC(=O)OCCCCCCCCCCCC(CCCCCC)OC(=O)CCCCCCCCCCCCCCCCCCCCC. The number of carbonyl (C=O) groups excluding carboxylic acids is 2. The summed E-state index contributed by atoms with van der Waals surface area (Å²) in [6.07, 6.45) is 71.6. The second-order valence-corrected chi connectivity index (χ2v) is 21.4. The van der Waals surface area contributed by atoms with Crippen LogP contribution in [0.5, 0.6) is 0 Å². The van der Waals surface area contributed by atoms with Crippen molar-refractivity contribution >= 4 is 11.9 Å². The summed E-state index contributed by atoms with van der Waals surface area (Å²) in [5.41, 5.74) is 0. The van der Waals surface area contributed by atoms with Crippen molar-refractivity contribution < 1.29 is 19.1 Å². The molecule has 0 aliphatic heterocycles. The largest absolute Gasteiger partial charge is 0.466 e. The Balaban J connectivity index is 3.62. The first-order valence-corrected chi connectivity index (χ1v) is 31.0. The van der Waals surface area contributed by atoms with E-state index < -0.39 is 0 Å². The van der Waals surface area contributed by atoms with Crippen molar-refractivity contribution in [2.45, 2.75) is 380 Å². The summed E-state index contributed by atoms with van der Waals surface area (Å²) in [6, 6.07) is 0. The van der Waals surface area contributed by atoms with E-state index in [1.54, 1.807) is 0 Å². The molecule has 0 saturated heterocycles. The highest BCUT2D eigenvalue weighted by molar-refractivity contribution is 5.69. The van der Waals surface area contributed by atoms with Crippen LogP contribution in [-0.4, -0.2) is 24.6 Å². The fourth-order valence-corrected chi connectivity index (χ4v) is 9.97. The molecule has 0 aliphatic rings. The highest BCUT2D eigenvalue weighted by Gasteiger charge is 2.14. The third-order valence-corrected chi connectivity index (χ3v) is 14.6. The van der Waals surface area contributed by atoms with Crippen molar-refractivity contribution in [2.24, 2.45) is 0 Å². The normalized spacial score (nSPS) is 12.0. The smallest absolute Gasteiger partial charge is 0.306 e. The maximum atomic E-state index is 12.8. The van der Waals surface area contributed by atoms with E-state index in [4.69, 9.17) is 9.47 Å². The van der Waals surface area contributed by atoms with Crippen LogP contribution >= 0.6 is 0 Å². The Hall–Kier alpha value is -1.06. The Bertz CT molecular complexity index is 917. The van der Waals surface area contributed by atoms with Gasteiger partial charge in [0.2, 0.25) is 0 Å². The number of carbonyl (C=O) groups is 2. The second-order valence-electron chi connectivity index (χ2n) is 21.4. The highest BCUT2D eigenvalue weighted by Crippen LogP contribution is 2.20. The van der Waals surface area contributed by atoms with Crippen molar-refractivity contribution in [3.05, 3.63) is 0 Å². The van der Waals surface area contributed by atoms with Crippen LogP contribution in [0.3, 0.4) is 0 Å². The molecule has 0 saturated carbocycles. The van der Waals surface area contributed by atoms with E-state index in [0.717, 1.165) is 38.5 Å². The molecule has 0 spiro atoms. The number of ether oxygens (including phenoxy) is 2. The van der Waals surface area contributed by atoms with Gasteiger partial charge in [-0.3, -0.25) is 9.59 Å². The lowest BCUT2D eigenvalue weighted by Gasteiger charge is -2.18. The average molecular weight is 932 g/mol. The number of hydrogen-bond donors (Lipinski definition) is 0. The van der Waals surface area contributed by atoms with Gasteiger partial charge in [0.15, 0.2) is 0 Å². The van der Waals surface area contributed by atoms with E-state index in [9.17, 15) is 9.59 Å². The zero-order chi connectivity index (χ0) is 47.7. The lowest BCUT2D eigenvalue weighted by Crippen LogP contribution is -2.18. The lowest BCUT2D eigenvalue weighted by molar-refractivity contribution is -0.150. The Kier molecular flexibility index (Phi) is 57.3. The Morgan fingerprint density at radius 2 is 0.470 bits per heavy atom. The van der Waals surface area contributed by atoms with Crippen LogP contribution in [-0.2, 0) is 19.1 Å². The standard InChI is InChI=1S/C62H122O4/c1-4-7-10-13-15-17-19-21-23-25-27-29-31-33-35-39-43-47-52-57-61(63)65-59-54-49-45-41-37-38-42-46-51-56-60(55-50-12-9-6-3)66-62(64)58-53-48-44-40-36-34-32-30-28-26-24-22-20-18-16-14-11-8-5-2/h60H,4-59H2,1-3H3. The number of hydrogen-bond acceptors (Lipinski definition) is 4. The number of unbranched alkanes of at least 4 members (excludes halogenated alkanes) is 47. The third kappa shape index (κ3) is 55.5. The summed E-state index contributed by atoms with van der Waals surface area (Å²) < 4.78 is 11.6. The summed E-state index contributed by atoms with van der Waals surface area (Å²) in [5, 5.41) is 0. The van der Waals surface area contributed by atoms with Crippen LogP contribution in [0.4, 0.5) is 0 Å². The molecule has 0 aromatic heterocycles. The van der Waals surface area contributed by atoms with Crippen LogP contribution in [0.25, 0.3) is 0 Å². The van der Waals surface area contributed by atoms with Gasteiger partial charge < -0.3 is 9.47 Å². The van der Waals surface area contributed by atoms with Crippen LogP contribution in [0, 0.1) is 0 Å². The van der Waals surface area contributed by atoms with Crippen molar-refractivity contribution in [3.63, 3.8) is 0 Å². The lowest BCUT2D eigenvalue weighted by atomic mass is 10.0. The van der Waals surface area contributed by atoms with Gasteiger partial charge in [0.1, 0.15) is 6.10 Å². The first kappa shape index (κ1) is 64.9. The summed E-state index contributed by atoms with van der Waals surface area (Å²) >= 11 is 0. The van der Waals surface area contributed by atoms with E-state index in [1.165, 1.54) is 302 Å². The summed E-state index contributed by atoms with van der Waals surface area (Å²) in [4.78, 5) is 24.9. The molecule has 0 aromatic carbocycles. The first-order valence-electron chi connectivity index (χ1n) is 31.0. The molecule has 0 aromatic rings. The molecule has 0 bridgehead atoms. The van der Waals surface area contributed by atoms with E-state index in [1.807, 2.05) is 0 Å². The minimum Gasteiger partial charge on any atom is -0.466 e. The van der Waals surface area contributed by atoms with Crippen LogP contribution < -0.4 is 0 Å². The van der Waals surface area contributed by atoms with Gasteiger partial charge >= 0.3 is 11.9 Å². The van der Waals surface area contributed by atoms with E-state index in [-0.39, 0.29) is 18.0 Å². The molecule has 394 valence electrons. The van der Waals surface area contributed by atoms with Crippen molar-refractivity contribution in [1.82, 2.24) is 0 Å². The summed E-state index contributed by atoms with van der Waals surface area (Å²) in [5.74, 6) is 0.0592. The molecule has 4 heteroatoms. The Labute approximate surface area is 416 Å². The van der Waals surface area contributed by atoms with E-state index in [0.29, 0.717) is 19.4 Å². The summed E-state index contributed by atoms with van der Waals surface area (Å²) in [7, 11) is 0. The predicted molar refractivity (Wildman–Crippen MR) is 292 cm³/mol. The molecular formula is C62H122O4. The van der Waals surface area contributed by atoms with E-state index >= 15 is 0 Å². The minimum atomic E-state index is 0.0100. The third-order valence-electron chi connectivity index (χ3n) is 14.6. The van der Waals surface area contributed by atoms with Gasteiger partial charge in [-0.25, -0.2) is 0 Å². The molecule has 1 unspecified atom stereocenters. The Morgan fingerprint density at radius 3 is 0.758 bits per heavy atom. The zero-order valence-electron chi connectivity index (χ0n) is 45.8. The number of rotatable bonds is 58. The van der Waals surface area contributed by atoms with Crippen molar-refractivity contribution in [1.29, 1.82) is 0 Å². The highest BCUT2D eigenvalue weighted by atomic mass is 16.5. The van der Waals surface area contributed by atoms with Gasteiger partial charge in [-0.05, 0) is 44.9 Å². The topological polar surface area (TPSA) is 52.6 Å². The molecular weight excluding hydrogens is 809 g/mol. The van der Waals surface area contributed by atoms with Gasteiger partial charge in [0.25, 0.3) is 0 Å². The predicted octanol–water partition coefficient (Wildman–Crippen LogP) is 22.0. The monoisotopic (exact) mass is 931 g/mol. The molecule has 66 heavy (non-hydrogen) atoms. The second kappa shape index (κ2) is 58.3. The first-order chi connectivity index (χ1) is 32.6. The zero-order valence-corrected chi connectivity index (χ0v) is 45.8. The van der Waals surface area contributed by atoms with Crippen LogP contribution in [0.1, 0.15) is 374 Å². The number of esters is 2. The van der Waals surface area contributed by atoms with Crippen LogP contribution in [0.2, 0.25) is 0 Å². The van der Waals surface area contributed by atoms with Gasteiger partial charge in [-0.2, -0.15) is 0 Å². The molecule has 1 atom stereocenters. The molecule has 0 heterocycles. The quantitative estimate of drug-likeness (QED) is 0.0450. The van der Waals surface area contributed by atoms with Crippen molar-refractivity contribution in [3.8, 4) is 0 Å². The van der Waals surface area contributed by atoms with Crippen molar-refractivity contribution in [2.75, 3.05) is 6.61 Å². The summed E-state index contributed by atoms with van der Waals surface area (Å²) in [6.45, 7) is 7.46. The maximum absolute atomic E-state index is 12.8. The van der Waals surface area contributed by atoms with Gasteiger partial charge in [-0.1, -0.05) is 316 Å². The molecule has 0 radical (unpaired) electrons. The fourth-order valence-electron chi connectivity index (χ4n) is 9.97. The van der Waals surface area contributed by atoms with Gasteiger partial charge in [0, 0.05) is 12.8 Å².